The van der Waals surface area contributed by atoms with Crippen LogP contribution < -0.4 is 5.32 Å². The highest BCUT2D eigenvalue weighted by Crippen LogP contribution is 2.16. The molecule has 0 aliphatic carbocycles. The van der Waals surface area contributed by atoms with E-state index in [0.717, 1.165) is 32.1 Å². The molecule has 280 valence electrons. The highest BCUT2D eigenvalue weighted by atomic mass is 16.3. The number of carbonyl (C=O) groups is 1. The highest BCUT2D eigenvalue weighted by Gasteiger charge is 2.22. The van der Waals surface area contributed by atoms with Crippen LogP contribution in [0, 0.1) is 0 Å². The normalized spacial score (nSPS) is 13.7. The molecule has 0 bridgehead atoms. The molecular weight excluding hydrogens is 582 g/mol. The Morgan fingerprint density at radius 3 is 1.17 bits per heavy atom. The van der Waals surface area contributed by atoms with Gasteiger partial charge in [0.15, 0.2) is 0 Å². The molecule has 0 radical (unpaired) electrons. The first-order chi connectivity index (χ1) is 23.1. The first-order valence-electron chi connectivity index (χ1n) is 21.0. The van der Waals surface area contributed by atoms with Gasteiger partial charge in [-0.25, -0.2) is 0 Å². The third-order valence-electron chi connectivity index (χ3n) is 9.88. The first-order valence-corrected chi connectivity index (χ1v) is 21.0. The van der Waals surface area contributed by atoms with E-state index in [9.17, 15) is 20.1 Å². The summed E-state index contributed by atoms with van der Waals surface area (Å²) in [6.45, 7) is 4.15. The Morgan fingerprint density at radius 1 is 0.511 bits per heavy atom. The molecule has 5 heteroatoms. The van der Waals surface area contributed by atoms with Crippen LogP contribution in [0.1, 0.15) is 226 Å². The first kappa shape index (κ1) is 46.1. The lowest BCUT2D eigenvalue weighted by Gasteiger charge is -2.21. The molecule has 0 aromatic heterocycles. The van der Waals surface area contributed by atoms with E-state index in [0.29, 0.717) is 6.42 Å². The number of carbonyl (C=O) groups excluding carboxylic acids is 1. The smallest absolute Gasteiger partial charge is 0.249 e. The Morgan fingerprint density at radius 2 is 0.830 bits per heavy atom. The molecule has 0 heterocycles. The quantitative estimate of drug-likeness (QED) is 0.0390. The molecule has 0 aliphatic rings. The van der Waals surface area contributed by atoms with Crippen molar-refractivity contribution in [2.75, 3.05) is 6.61 Å². The van der Waals surface area contributed by atoms with Crippen LogP contribution in [0.5, 0.6) is 0 Å². The maximum absolute atomic E-state index is 12.3. The monoisotopic (exact) mass is 666 g/mol. The van der Waals surface area contributed by atoms with Gasteiger partial charge in [0.05, 0.1) is 18.8 Å². The lowest BCUT2D eigenvalue weighted by molar-refractivity contribution is -0.131. The third kappa shape index (κ3) is 33.4. The number of rotatable bonds is 38. The van der Waals surface area contributed by atoms with Gasteiger partial charge in [-0.05, 0) is 19.3 Å². The average Bonchev–Trinajstić information content (AvgIpc) is 3.07. The molecule has 0 rings (SSSR count). The number of allylic oxidation sites excluding steroid dienone is 1. The zero-order chi connectivity index (χ0) is 34.5. The van der Waals surface area contributed by atoms with Gasteiger partial charge in [0.1, 0.15) is 6.10 Å². The van der Waals surface area contributed by atoms with Crippen LogP contribution >= 0.6 is 0 Å². The van der Waals surface area contributed by atoms with E-state index in [2.05, 4.69) is 19.2 Å². The van der Waals surface area contributed by atoms with Gasteiger partial charge in [0.25, 0.3) is 0 Å². The van der Waals surface area contributed by atoms with Gasteiger partial charge in [-0.2, -0.15) is 0 Å². The van der Waals surface area contributed by atoms with E-state index in [1.165, 1.54) is 173 Å². The van der Waals surface area contributed by atoms with E-state index in [1.54, 1.807) is 6.08 Å². The van der Waals surface area contributed by atoms with Crippen LogP contribution in [0.4, 0.5) is 0 Å². The van der Waals surface area contributed by atoms with E-state index in [4.69, 9.17) is 0 Å². The summed E-state index contributed by atoms with van der Waals surface area (Å²) >= 11 is 0. The van der Waals surface area contributed by atoms with Crippen molar-refractivity contribution in [1.82, 2.24) is 5.32 Å². The molecular formula is C42H83NO4. The summed E-state index contributed by atoms with van der Waals surface area (Å²) in [4.78, 5) is 12.3. The Bertz CT molecular complexity index is 655. The second-order valence-electron chi connectivity index (χ2n) is 14.6. The van der Waals surface area contributed by atoms with Gasteiger partial charge in [-0.15, -0.1) is 0 Å². The van der Waals surface area contributed by atoms with Crippen LogP contribution in [-0.4, -0.2) is 46.1 Å². The van der Waals surface area contributed by atoms with Crippen molar-refractivity contribution in [2.24, 2.45) is 0 Å². The van der Waals surface area contributed by atoms with Crippen LogP contribution in [0.25, 0.3) is 0 Å². The molecule has 3 atom stereocenters. The van der Waals surface area contributed by atoms with Crippen LogP contribution in [-0.2, 0) is 4.79 Å². The molecule has 0 aliphatic heterocycles. The number of aliphatic hydroxyl groups excluding tert-OH is 3. The summed E-state index contributed by atoms with van der Waals surface area (Å²) in [5, 5.41) is 32.9. The topological polar surface area (TPSA) is 89.8 Å². The molecule has 0 aromatic rings. The largest absolute Gasteiger partial charge is 0.394 e. The zero-order valence-corrected chi connectivity index (χ0v) is 31.7. The lowest BCUT2D eigenvalue weighted by atomic mass is 10.0. The minimum atomic E-state index is -1.09. The van der Waals surface area contributed by atoms with E-state index in [1.807, 2.05) is 6.08 Å². The Hall–Kier alpha value is -0.910. The number of hydrogen-bond donors (Lipinski definition) is 4. The summed E-state index contributed by atoms with van der Waals surface area (Å²) in [5.41, 5.74) is 0. The fourth-order valence-electron chi connectivity index (χ4n) is 6.54. The second kappa shape index (κ2) is 37.9. The summed E-state index contributed by atoms with van der Waals surface area (Å²) in [5.74, 6) is -0.505. The number of amides is 1. The molecule has 5 nitrogen and oxygen atoms in total. The Kier molecular flexibility index (Phi) is 37.2. The van der Waals surface area contributed by atoms with Gasteiger partial charge in [0, 0.05) is 0 Å². The molecule has 47 heavy (non-hydrogen) atoms. The molecule has 0 saturated heterocycles. The van der Waals surface area contributed by atoms with Gasteiger partial charge >= 0.3 is 0 Å². The number of hydrogen-bond acceptors (Lipinski definition) is 4. The van der Waals surface area contributed by atoms with E-state index in [-0.39, 0.29) is 6.61 Å². The van der Waals surface area contributed by atoms with E-state index < -0.39 is 24.2 Å². The molecule has 0 saturated carbocycles. The Balaban J connectivity index is 3.55. The second-order valence-corrected chi connectivity index (χ2v) is 14.6. The maximum Gasteiger partial charge on any atom is 0.249 e. The minimum Gasteiger partial charge on any atom is -0.394 e. The lowest BCUT2D eigenvalue weighted by Crippen LogP contribution is -2.48. The summed E-state index contributed by atoms with van der Waals surface area (Å²) in [7, 11) is 0. The number of aliphatic hydroxyl groups is 3. The van der Waals surface area contributed by atoms with Crippen molar-refractivity contribution in [3.8, 4) is 0 Å². The molecule has 1 amide bonds. The standard InChI is InChI=1S/C42H83NO4/c1-3-5-7-9-11-13-14-15-16-17-18-19-20-21-22-23-24-25-26-27-28-29-31-32-34-36-40(45)39(38-44)43-42(47)41(46)37-35-33-30-12-10-8-6-4-2/h34,36,39-41,44-46H,3-33,35,37-38H2,1-2H3,(H,43,47)/b36-34+. The number of nitrogens with one attached hydrogen (secondary N) is 1. The predicted molar refractivity (Wildman–Crippen MR) is 204 cm³/mol. The molecule has 4 N–H and O–H groups in total. The van der Waals surface area contributed by atoms with Crippen molar-refractivity contribution >= 4 is 5.91 Å². The minimum absolute atomic E-state index is 0.360. The maximum atomic E-state index is 12.3. The van der Waals surface area contributed by atoms with Crippen LogP contribution in [0.3, 0.4) is 0 Å². The molecule has 0 spiro atoms. The predicted octanol–water partition coefficient (Wildman–Crippen LogP) is 11.7. The summed E-state index contributed by atoms with van der Waals surface area (Å²) < 4.78 is 0. The number of unbranched alkanes of at least 4 members (excludes halogenated alkanes) is 30. The fourth-order valence-corrected chi connectivity index (χ4v) is 6.54. The van der Waals surface area contributed by atoms with Gasteiger partial charge in [-0.1, -0.05) is 219 Å². The molecule has 0 aromatic carbocycles. The van der Waals surface area contributed by atoms with Crippen molar-refractivity contribution in [3.63, 3.8) is 0 Å². The third-order valence-corrected chi connectivity index (χ3v) is 9.88. The Labute approximate surface area is 293 Å². The van der Waals surface area contributed by atoms with Crippen molar-refractivity contribution in [1.29, 1.82) is 0 Å². The van der Waals surface area contributed by atoms with Crippen LogP contribution in [0.15, 0.2) is 12.2 Å². The average molecular weight is 666 g/mol. The van der Waals surface area contributed by atoms with Gasteiger partial charge < -0.3 is 20.6 Å². The fraction of sp³-hybridized carbons (Fsp3) is 0.929. The van der Waals surface area contributed by atoms with Crippen LogP contribution in [0.2, 0.25) is 0 Å². The SMILES string of the molecule is CCCCCCCCCCCCCCCCCCCCCCCCC/C=C/C(O)C(CO)NC(=O)C(O)CCCCCCCCCC. The van der Waals surface area contributed by atoms with Gasteiger partial charge in [-0.3, -0.25) is 4.79 Å². The summed E-state index contributed by atoms with van der Waals surface area (Å²) in [6, 6.07) is -0.790. The molecule has 0 fully saturated rings. The van der Waals surface area contributed by atoms with Crippen molar-refractivity contribution in [3.05, 3.63) is 12.2 Å². The van der Waals surface area contributed by atoms with Crippen molar-refractivity contribution in [2.45, 2.75) is 244 Å². The van der Waals surface area contributed by atoms with E-state index >= 15 is 0 Å². The zero-order valence-electron chi connectivity index (χ0n) is 31.7. The summed E-state index contributed by atoms with van der Waals surface area (Å²) in [6.07, 6.45) is 44.1. The van der Waals surface area contributed by atoms with Gasteiger partial charge in [0.2, 0.25) is 5.91 Å². The highest BCUT2D eigenvalue weighted by molar-refractivity contribution is 5.80. The van der Waals surface area contributed by atoms with Crippen molar-refractivity contribution < 1.29 is 20.1 Å². The molecule has 3 unspecified atom stereocenters.